The second kappa shape index (κ2) is 4.11. The van der Waals surface area contributed by atoms with Crippen LogP contribution >= 0.6 is 0 Å². The predicted molar refractivity (Wildman–Crippen MR) is 54.1 cm³/mol. The third-order valence-corrected chi connectivity index (χ3v) is 5.06. The third kappa shape index (κ3) is 2.54. The Hall–Kier alpha value is 0.137. The molecule has 0 aromatic carbocycles. The first-order valence-corrected chi connectivity index (χ1v) is 7.43. The van der Waals surface area contributed by atoms with Crippen molar-refractivity contribution in [3.63, 3.8) is 0 Å². The molecule has 1 heterocycles. The van der Waals surface area contributed by atoms with E-state index in [0.717, 1.165) is 5.92 Å². The Morgan fingerprint density at radius 3 is 2.92 bits per heavy atom. The number of ether oxygens (including phenoxy) is 1. The molecule has 0 aromatic rings. The smallest absolute Gasteiger partial charge is 0.207 e. The number of fused-ring (bicyclic) bond motifs is 1. The third-order valence-electron chi connectivity index (χ3n) is 3.37. The summed E-state index contributed by atoms with van der Waals surface area (Å²) >= 11 is 0. The van der Waals surface area contributed by atoms with Gasteiger partial charge in [-0.05, 0) is 37.8 Å². The first-order valence-electron chi connectivity index (χ1n) is 5.31. The van der Waals surface area contributed by atoms with E-state index >= 15 is 0 Å². The SMILES string of the molecule is CO[Si](C)CCC1CCC2OC2C1. The minimum Gasteiger partial charge on any atom is -0.420 e. The molecule has 1 aliphatic carbocycles. The van der Waals surface area contributed by atoms with Crippen molar-refractivity contribution in [2.75, 3.05) is 7.11 Å². The zero-order valence-corrected chi connectivity index (χ0v) is 9.58. The van der Waals surface area contributed by atoms with Gasteiger partial charge in [0.2, 0.25) is 9.04 Å². The number of rotatable bonds is 4. The van der Waals surface area contributed by atoms with Crippen molar-refractivity contribution in [1.82, 2.24) is 0 Å². The lowest BCUT2D eigenvalue weighted by Crippen LogP contribution is -2.17. The van der Waals surface area contributed by atoms with Crippen LogP contribution in [0.3, 0.4) is 0 Å². The van der Waals surface area contributed by atoms with Gasteiger partial charge in [0.15, 0.2) is 0 Å². The van der Waals surface area contributed by atoms with Crippen molar-refractivity contribution in [2.24, 2.45) is 5.92 Å². The molecule has 0 spiro atoms. The Kier molecular flexibility index (Phi) is 3.06. The van der Waals surface area contributed by atoms with Gasteiger partial charge in [0, 0.05) is 7.11 Å². The molecule has 2 nitrogen and oxygen atoms in total. The lowest BCUT2D eigenvalue weighted by molar-refractivity contribution is 0.352. The molecule has 3 heteroatoms. The van der Waals surface area contributed by atoms with Crippen LogP contribution in [0.1, 0.15) is 25.7 Å². The summed E-state index contributed by atoms with van der Waals surface area (Å²) < 4.78 is 10.9. The summed E-state index contributed by atoms with van der Waals surface area (Å²) in [6, 6.07) is 1.31. The monoisotopic (exact) mass is 199 g/mol. The van der Waals surface area contributed by atoms with Crippen LogP contribution in [-0.2, 0) is 9.16 Å². The molecule has 2 fully saturated rings. The van der Waals surface area contributed by atoms with Crippen molar-refractivity contribution in [1.29, 1.82) is 0 Å². The molecule has 0 bridgehead atoms. The van der Waals surface area contributed by atoms with Gasteiger partial charge in [-0.2, -0.15) is 0 Å². The highest BCUT2D eigenvalue weighted by molar-refractivity contribution is 6.50. The Morgan fingerprint density at radius 2 is 2.23 bits per heavy atom. The summed E-state index contributed by atoms with van der Waals surface area (Å²) in [7, 11) is 1.37. The normalized spacial score (nSPS) is 37.6. The first kappa shape index (κ1) is 9.68. The Labute approximate surface area is 82.3 Å². The molecule has 1 radical (unpaired) electrons. The minimum atomic E-state index is -0.472. The molecule has 0 N–H and O–H groups in total. The van der Waals surface area contributed by atoms with Crippen molar-refractivity contribution in [3.8, 4) is 0 Å². The highest BCUT2D eigenvalue weighted by Crippen LogP contribution is 2.41. The standard InChI is InChI=1S/C10H19O2Si/c1-11-13(2)6-5-8-3-4-9-10(7-8)12-9/h8-10H,3-7H2,1-2H3. The quantitative estimate of drug-likeness (QED) is 0.511. The summed E-state index contributed by atoms with van der Waals surface area (Å²) in [6.45, 7) is 2.25. The van der Waals surface area contributed by atoms with Gasteiger partial charge in [0.05, 0.1) is 12.2 Å². The molecule has 1 saturated carbocycles. The van der Waals surface area contributed by atoms with Crippen LogP contribution in [0.2, 0.25) is 12.6 Å². The van der Waals surface area contributed by atoms with Gasteiger partial charge in [0.1, 0.15) is 0 Å². The number of epoxide rings is 1. The van der Waals surface area contributed by atoms with E-state index in [1.807, 2.05) is 7.11 Å². The van der Waals surface area contributed by atoms with E-state index in [1.54, 1.807) is 0 Å². The zero-order chi connectivity index (χ0) is 9.26. The fraction of sp³-hybridized carbons (Fsp3) is 1.00. The summed E-state index contributed by atoms with van der Waals surface area (Å²) in [5.74, 6) is 0.929. The average Bonchev–Trinajstić information content (AvgIpc) is 2.91. The van der Waals surface area contributed by atoms with Crippen LogP contribution in [0, 0.1) is 5.92 Å². The zero-order valence-electron chi connectivity index (χ0n) is 8.58. The number of hydrogen-bond donors (Lipinski definition) is 0. The minimum absolute atomic E-state index is 0.472. The Balaban J connectivity index is 1.64. The maximum absolute atomic E-state index is 5.52. The molecule has 3 unspecified atom stereocenters. The molecule has 13 heavy (non-hydrogen) atoms. The average molecular weight is 199 g/mol. The molecule has 75 valence electrons. The van der Waals surface area contributed by atoms with E-state index in [1.165, 1.54) is 31.7 Å². The molecule has 0 aromatic heterocycles. The van der Waals surface area contributed by atoms with Gasteiger partial charge in [-0.1, -0.05) is 6.42 Å². The second-order valence-electron chi connectivity index (χ2n) is 4.34. The molecule has 2 rings (SSSR count). The fourth-order valence-corrected chi connectivity index (χ4v) is 3.28. The Morgan fingerprint density at radius 1 is 1.38 bits per heavy atom. The molecule has 2 aliphatic rings. The van der Waals surface area contributed by atoms with Crippen LogP contribution in [0.15, 0.2) is 0 Å². The van der Waals surface area contributed by atoms with E-state index in [2.05, 4.69) is 6.55 Å². The highest BCUT2D eigenvalue weighted by atomic mass is 28.3. The van der Waals surface area contributed by atoms with Crippen molar-refractivity contribution >= 4 is 9.04 Å². The van der Waals surface area contributed by atoms with Crippen molar-refractivity contribution < 1.29 is 9.16 Å². The van der Waals surface area contributed by atoms with Gasteiger partial charge >= 0.3 is 0 Å². The number of hydrogen-bond acceptors (Lipinski definition) is 2. The van der Waals surface area contributed by atoms with Crippen LogP contribution < -0.4 is 0 Å². The van der Waals surface area contributed by atoms with E-state index in [-0.39, 0.29) is 0 Å². The summed E-state index contributed by atoms with van der Waals surface area (Å²) in [4.78, 5) is 0. The van der Waals surface area contributed by atoms with E-state index in [9.17, 15) is 0 Å². The first-order chi connectivity index (χ1) is 6.29. The maximum atomic E-state index is 5.52. The lowest BCUT2D eigenvalue weighted by atomic mass is 9.88. The van der Waals surface area contributed by atoms with Crippen LogP contribution in [0.4, 0.5) is 0 Å². The topological polar surface area (TPSA) is 21.8 Å². The molecule has 1 aliphatic heterocycles. The largest absolute Gasteiger partial charge is 0.420 e. The molecule has 0 amide bonds. The van der Waals surface area contributed by atoms with Gasteiger partial charge in [0.25, 0.3) is 0 Å². The van der Waals surface area contributed by atoms with Crippen molar-refractivity contribution in [3.05, 3.63) is 0 Å². The van der Waals surface area contributed by atoms with Crippen LogP contribution in [0.25, 0.3) is 0 Å². The van der Waals surface area contributed by atoms with E-state index in [4.69, 9.17) is 9.16 Å². The van der Waals surface area contributed by atoms with Crippen LogP contribution in [0.5, 0.6) is 0 Å². The summed E-state index contributed by atoms with van der Waals surface area (Å²) in [6.07, 6.45) is 6.70. The maximum Gasteiger partial charge on any atom is 0.207 e. The van der Waals surface area contributed by atoms with Crippen LogP contribution in [-0.4, -0.2) is 28.4 Å². The molecular formula is C10H19O2Si. The summed E-state index contributed by atoms with van der Waals surface area (Å²) in [5.41, 5.74) is 0. The Bertz CT molecular complexity index is 174. The fourth-order valence-electron chi connectivity index (χ4n) is 2.26. The van der Waals surface area contributed by atoms with Gasteiger partial charge in [-0.3, -0.25) is 0 Å². The predicted octanol–water partition coefficient (Wildman–Crippen LogP) is 2.21. The highest BCUT2D eigenvalue weighted by Gasteiger charge is 2.43. The lowest BCUT2D eigenvalue weighted by Gasteiger charge is -2.19. The van der Waals surface area contributed by atoms with Crippen molar-refractivity contribution in [2.45, 2.75) is 50.5 Å². The van der Waals surface area contributed by atoms with Gasteiger partial charge < -0.3 is 9.16 Å². The van der Waals surface area contributed by atoms with Gasteiger partial charge in [-0.25, -0.2) is 0 Å². The second-order valence-corrected chi connectivity index (χ2v) is 6.65. The molecule has 3 atom stereocenters. The molecule has 1 saturated heterocycles. The van der Waals surface area contributed by atoms with E-state index in [0.29, 0.717) is 12.2 Å². The summed E-state index contributed by atoms with van der Waals surface area (Å²) in [5, 5.41) is 0. The molecular weight excluding hydrogens is 180 g/mol. The van der Waals surface area contributed by atoms with Gasteiger partial charge in [-0.15, -0.1) is 0 Å². The van der Waals surface area contributed by atoms with E-state index < -0.39 is 9.04 Å².